The number of methoxy groups -OCH3 is 2. The fraction of sp³-hybridized carbons (Fsp3) is 0.515. The average Bonchev–Trinajstić information content (AvgIpc) is 3.31. The van der Waals surface area contributed by atoms with Gasteiger partial charge in [-0.25, -0.2) is 0 Å². The summed E-state index contributed by atoms with van der Waals surface area (Å²) in [6, 6.07) is 8.49. The van der Waals surface area contributed by atoms with E-state index in [1.54, 1.807) is 24.3 Å². The molecule has 0 heterocycles. The Labute approximate surface area is 441 Å². The first-order chi connectivity index (χ1) is 34.2. The summed E-state index contributed by atoms with van der Waals surface area (Å²) in [7, 11) is -1.08. The largest absolute Gasteiger partial charge is 0.493 e. The molecule has 0 aliphatic carbocycles. The van der Waals surface area contributed by atoms with Crippen molar-refractivity contribution in [3.8, 4) is 17.2 Å². The highest BCUT2D eigenvalue weighted by Gasteiger charge is 2.26. The van der Waals surface area contributed by atoms with Crippen LogP contribution in [0.25, 0.3) is 0 Å². The minimum atomic E-state index is -4.11. The molecule has 6 heteroatoms. The van der Waals surface area contributed by atoms with E-state index in [0.29, 0.717) is 12.2 Å². The monoisotopic (exact) mass is 1000 g/mol. The van der Waals surface area contributed by atoms with Gasteiger partial charge in [-0.05, 0) is 236 Å². The first kappa shape index (κ1) is 63.3. The van der Waals surface area contributed by atoms with Crippen molar-refractivity contribution in [2.24, 2.45) is 0 Å². The van der Waals surface area contributed by atoms with E-state index in [4.69, 9.17) is 13.7 Å². The number of benzene rings is 2. The van der Waals surface area contributed by atoms with Gasteiger partial charge in [0, 0.05) is 5.56 Å². The predicted octanol–water partition coefficient (Wildman–Crippen LogP) is 20.1. The Morgan fingerprint density at radius 2 is 0.722 bits per heavy atom. The summed E-state index contributed by atoms with van der Waals surface area (Å²) in [6.07, 6.45) is 44.4. The Balaban J connectivity index is 1.71. The van der Waals surface area contributed by atoms with Crippen LogP contribution in [0, 0.1) is 13.8 Å². The molecule has 0 saturated heterocycles. The Hall–Kier alpha value is -4.81. The minimum Gasteiger partial charge on any atom is -0.493 e. The van der Waals surface area contributed by atoms with E-state index in [-0.39, 0.29) is 16.4 Å². The van der Waals surface area contributed by atoms with E-state index < -0.39 is 10.1 Å². The molecule has 0 fully saturated rings. The molecule has 0 saturated carbocycles. The molecule has 0 bridgehead atoms. The first-order valence-electron chi connectivity index (χ1n) is 27.0. The molecule has 2 aromatic rings. The molecule has 0 radical (unpaired) electrons. The molecular formula is C66H98O5S. The Bertz CT molecular complexity index is 2400. The number of ether oxygens (including phenoxy) is 2. The zero-order valence-electron chi connectivity index (χ0n) is 48.0. The maximum Gasteiger partial charge on any atom is 0.339 e. The lowest BCUT2D eigenvalue weighted by atomic mass is 10.00. The van der Waals surface area contributed by atoms with Gasteiger partial charge in [0.05, 0.1) is 14.2 Å². The zero-order valence-corrected chi connectivity index (χ0v) is 48.9. The Morgan fingerprint density at radius 1 is 0.417 bits per heavy atom. The lowest BCUT2D eigenvalue weighted by molar-refractivity contribution is 0.341. The minimum absolute atomic E-state index is 0.0868. The van der Waals surface area contributed by atoms with Crippen molar-refractivity contribution in [3.05, 3.63) is 164 Å². The average molecular weight is 1000 g/mol. The fourth-order valence-corrected chi connectivity index (χ4v) is 9.44. The van der Waals surface area contributed by atoms with Crippen LogP contribution in [-0.4, -0.2) is 22.6 Å². The maximum atomic E-state index is 13.4. The van der Waals surface area contributed by atoms with Crippen LogP contribution >= 0.6 is 0 Å². The van der Waals surface area contributed by atoms with Crippen molar-refractivity contribution in [2.75, 3.05) is 14.2 Å². The number of hydrogen-bond acceptors (Lipinski definition) is 5. The van der Waals surface area contributed by atoms with Crippen LogP contribution < -0.4 is 13.7 Å². The summed E-state index contributed by atoms with van der Waals surface area (Å²) >= 11 is 0. The van der Waals surface area contributed by atoms with Crippen LogP contribution in [-0.2, 0) is 16.5 Å². The fourth-order valence-electron chi connectivity index (χ4n) is 8.48. The Morgan fingerprint density at radius 3 is 1.01 bits per heavy atom. The molecule has 0 aliphatic heterocycles. The van der Waals surface area contributed by atoms with Crippen molar-refractivity contribution in [1.82, 2.24) is 0 Å². The van der Waals surface area contributed by atoms with E-state index in [0.717, 1.165) is 119 Å². The van der Waals surface area contributed by atoms with Crippen molar-refractivity contribution in [3.63, 3.8) is 0 Å². The highest BCUT2D eigenvalue weighted by Crippen LogP contribution is 2.44. The SMILES string of the molecule is COc1cc(C)c(C/C=C(\C)CC/C=C(\C)CC/C=C(\C)CC/C=C(\C)CC/C=C(\C)CC/C=C(\C)CC/C=C(\C)CC/C=C(\C)CC/C=C(\C)CCC=C(C)C)c(OS(=O)(=O)c2ccc(C)cc2)c1OC. The highest BCUT2D eigenvalue weighted by atomic mass is 32.2. The molecule has 2 aromatic carbocycles. The van der Waals surface area contributed by atoms with Crippen molar-refractivity contribution in [1.29, 1.82) is 0 Å². The van der Waals surface area contributed by atoms with Gasteiger partial charge in [0.1, 0.15) is 4.90 Å². The van der Waals surface area contributed by atoms with Gasteiger partial charge in [-0.15, -0.1) is 0 Å². The topological polar surface area (TPSA) is 61.8 Å². The maximum absolute atomic E-state index is 13.4. The van der Waals surface area contributed by atoms with Crippen molar-refractivity contribution in [2.45, 2.75) is 217 Å². The van der Waals surface area contributed by atoms with Crippen LogP contribution in [0.4, 0.5) is 0 Å². The van der Waals surface area contributed by atoms with Crippen LogP contribution in [0.5, 0.6) is 17.2 Å². The molecule has 0 atom stereocenters. The van der Waals surface area contributed by atoms with Crippen LogP contribution in [0.2, 0.25) is 0 Å². The summed E-state index contributed by atoms with van der Waals surface area (Å²) in [5.74, 6) is 0.849. The second kappa shape index (κ2) is 35.4. The van der Waals surface area contributed by atoms with Gasteiger partial charge < -0.3 is 13.7 Å². The zero-order chi connectivity index (χ0) is 53.5. The van der Waals surface area contributed by atoms with E-state index in [1.807, 2.05) is 19.9 Å². The van der Waals surface area contributed by atoms with Crippen LogP contribution in [0.1, 0.15) is 208 Å². The van der Waals surface area contributed by atoms with Gasteiger partial charge in [0.15, 0.2) is 11.5 Å². The lowest BCUT2D eigenvalue weighted by Gasteiger charge is -2.19. The summed E-state index contributed by atoms with van der Waals surface area (Å²) in [6.45, 7) is 28.6. The number of rotatable bonds is 34. The number of allylic oxidation sites excluding steroid dienone is 20. The van der Waals surface area contributed by atoms with Crippen molar-refractivity contribution < 1.29 is 22.1 Å². The molecule has 0 N–H and O–H groups in total. The van der Waals surface area contributed by atoms with E-state index in [9.17, 15) is 8.42 Å². The summed E-state index contributed by atoms with van der Waals surface area (Å²) in [5, 5.41) is 0. The quantitative estimate of drug-likeness (QED) is 0.0516. The van der Waals surface area contributed by atoms with Gasteiger partial charge in [0.25, 0.3) is 0 Å². The molecule has 0 unspecified atom stereocenters. The number of aryl methyl sites for hydroxylation is 2. The third-order valence-corrected chi connectivity index (χ3v) is 14.7. The molecular weight excluding hydrogens is 905 g/mol. The standard InChI is InChI=1S/C66H98O5S/c1-50(2)25-16-26-51(3)27-17-28-52(4)29-18-30-53(5)31-19-32-54(6)33-20-34-55(7)35-21-36-56(8)37-22-38-57(9)39-23-40-58(10)41-24-42-59(11)45-48-63-61(13)49-64(69-14)66(70-15)65(63)71-72(67,68)62-46-43-60(12)44-47-62/h25,27,29,31,33,35,37,39,41,43-47,49H,16-24,26,28,30,32,34,36,38,40,42,48H2,1-15H3/b51-27+,52-29+,53-31+,54-33+,55-35+,56-37+,57-39+,58-41+,59-45+. The van der Waals surface area contributed by atoms with Crippen molar-refractivity contribution >= 4 is 10.1 Å². The van der Waals surface area contributed by atoms with Crippen LogP contribution in [0.15, 0.2) is 152 Å². The van der Waals surface area contributed by atoms with Gasteiger partial charge in [-0.3, -0.25) is 0 Å². The van der Waals surface area contributed by atoms with Gasteiger partial charge >= 0.3 is 10.1 Å². The molecule has 0 aromatic heterocycles. The molecule has 72 heavy (non-hydrogen) atoms. The van der Waals surface area contributed by atoms with Crippen LogP contribution in [0.3, 0.4) is 0 Å². The van der Waals surface area contributed by atoms with Gasteiger partial charge in [-0.1, -0.05) is 134 Å². The normalized spacial score (nSPS) is 14.0. The molecule has 5 nitrogen and oxygen atoms in total. The summed E-state index contributed by atoms with van der Waals surface area (Å²) < 4.78 is 43.8. The summed E-state index contributed by atoms with van der Waals surface area (Å²) in [4.78, 5) is 0.0868. The molecule has 0 amide bonds. The van der Waals surface area contributed by atoms with E-state index in [2.05, 4.69) is 137 Å². The molecule has 0 spiro atoms. The highest BCUT2D eigenvalue weighted by molar-refractivity contribution is 7.87. The molecule has 0 aliphatic rings. The van der Waals surface area contributed by atoms with Gasteiger partial charge in [-0.2, -0.15) is 8.42 Å². The lowest BCUT2D eigenvalue weighted by Crippen LogP contribution is -2.13. The van der Waals surface area contributed by atoms with E-state index in [1.165, 1.54) is 82.8 Å². The molecule has 2 rings (SSSR count). The van der Waals surface area contributed by atoms with E-state index >= 15 is 0 Å². The second-order valence-corrected chi connectivity index (χ2v) is 22.4. The molecule has 398 valence electrons. The Kier molecular flexibility index (Phi) is 31.1. The third-order valence-electron chi connectivity index (χ3n) is 13.5. The third kappa shape index (κ3) is 27.3. The first-order valence-corrected chi connectivity index (χ1v) is 28.4. The predicted molar refractivity (Wildman–Crippen MR) is 313 cm³/mol. The second-order valence-electron chi connectivity index (χ2n) is 20.9. The smallest absolute Gasteiger partial charge is 0.339 e. The summed E-state index contributed by atoms with van der Waals surface area (Å²) in [5.41, 5.74) is 17.1. The van der Waals surface area contributed by atoms with Gasteiger partial charge in [0.2, 0.25) is 5.75 Å². The number of hydrogen-bond donors (Lipinski definition) is 0.